The maximum atomic E-state index is 13.5. The Kier molecular flexibility index (Phi) is 8.07. The molecule has 5 rings (SSSR count). The number of benzene rings is 2. The molecule has 0 saturated carbocycles. The fourth-order valence-corrected chi connectivity index (χ4v) is 5.46. The van der Waals surface area contributed by atoms with E-state index in [0.29, 0.717) is 54.8 Å². The van der Waals surface area contributed by atoms with Crippen molar-refractivity contribution >= 4 is 23.0 Å². The number of thiophene rings is 1. The second-order valence-electron chi connectivity index (χ2n) is 9.11. The Morgan fingerprint density at radius 3 is 2.55 bits per heavy atom. The third-order valence-electron chi connectivity index (χ3n) is 6.79. The number of Topliss-reactive ketones (excluding diaryl/α,β-unsaturated/α-hetero) is 1. The average molecular weight is 535 g/mol. The highest BCUT2D eigenvalue weighted by atomic mass is 32.1. The molecule has 0 bridgehead atoms. The quantitative estimate of drug-likeness (QED) is 0.389. The van der Waals surface area contributed by atoms with Crippen molar-refractivity contribution in [3.63, 3.8) is 0 Å². The minimum atomic E-state index is -0.754. The highest BCUT2D eigenvalue weighted by Gasteiger charge is 2.44. The summed E-state index contributed by atoms with van der Waals surface area (Å²) in [6.45, 7) is 4.16. The lowest BCUT2D eigenvalue weighted by Gasteiger charge is -2.32. The molecule has 2 aliphatic heterocycles. The van der Waals surface area contributed by atoms with Crippen molar-refractivity contribution in [1.29, 1.82) is 0 Å². The molecule has 3 heterocycles. The van der Waals surface area contributed by atoms with E-state index in [4.69, 9.17) is 14.2 Å². The van der Waals surface area contributed by atoms with Crippen LogP contribution in [0.4, 0.5) is 0 Å². The molecule has 0 radical (unpaired) electrons. The minimum absolute atomic E-state index is 0.0828. The number of nitrogens with zero attached hydrogens (tertiary/aromatic N) is 2. The number of hydrogen-bond donors (Lipinski definition) is 1. The predicted molar refractivity (Wildman–Crippen MR) is 144 cm³/mol. The first-order chi connectivity index (χ1) is 18.6. The van der Waals surface area contributed by atoms with Crippen LogP contribution in [0.2, 0.25) is 0 Å². The summed E-state index contributed by atoms with van der Waals surface area (Å²) in [6.07, 6.45) is 0. The number of ether oxygens (including phenoxy) is 3. The summed E-state index contributed by atoms with van der Waals surface area (Å²) in [7, 11) is 1.55. The minimum Gasteiger partial charge on any atom is -0.503 e. The average Bonchev–Trinajstić information content (AvgIpc) is 3.59. The number of hydrogen-bond acceptors (Lipinski definition) is 8. The summed E-state index contributed by atoms with van der Waals surface area (Å²) in [5.74, 6) is -0.379. The van der Waals surface area contributed by atoms with Gasteiger partial charge in [0.2, 0.25) is 5.78 Å². The fraction of sp³-hybridized carbons (Fsp3) is 0.310. The lowest BCUT2D eigenvalue weighted by atomic mass is 9.95. The van der Waals surface area contributed by atoms with E-state index in [1.165, 1.54) is 11.3 Å². The molecule has 9 heteroatoms. The number of ketones is 1. The Bertz CT molecular complexity index is 1300. The highest BCUT2D eigenvalue weighted by molar-refractivity contribution is 7.12. The van der Waals surface area contributed by atoms with E-state index in [1.54, 1.807) is 41.7 Å². The number of rotatable bonds is 10. The molecule has 1 atom stereocenters. The molecule has 1 unspecified atom stereocenters. The summed E-state index contributed by atoms with van der Waals surface area (Å²) in [6, 6.07) is 17.9. The number of aliphatic hydroxyl groups is 1. The van der Waals surface area contributed by atoms with Gasteiger partial charge >= 0.3 is 0 Å². The van der Waals surface area contributed by atoms with Gasteiger partial charge in [0, 0.05) is 26.2 Å². The summed E-state index contributed by atoms with van der Waals surface area (Å²) in [4.78, 5) is 31.1. The second-order valence-corrected chi connectivity index (χ2v) is 10.1. The van der Waals surface area contributed by atoms with Crippen molar-refractivity contribution < 1.29 is 28.9 Å². The van der Waals surface area contributed by atoms with Crippen LogP contribution in [0.3, 0.4) is 0 Å². The first-order valence-electron chi connectivity index (χ1n) is 12.5. The van der Waals surface area contributed by atoms with Crippen LogP contribution in [0.25, 0.3) is 0 Å². The van der Waals surface area contributed by atoms with Crippen LogP contribution in [-0.2, 0) is 16.1 Å². The maximum Gasteiger partial charge on any atom is 0.290 e. The van der Waals surface area contributed by atoms with Crippen molar-refractivity contribution in [2.45, 2.75) is 12.6 Å². The Morgan fingerprint density at radius 1 is 1.05 bits per heavy atom. The summed E-state index contributed by atoms with van der Waals surface area (Å²) < 4.78 is 17.1. The number of aliphatic hydroxyl groups excluding tert-OH is 1. The van der Waals surface area contributed by atoms with Gasteiger partial charge in [0.1, 0.15) is 6.61 Å². The third kappa shape index (κ3) is 5.45. The zero-order valence-corrected chi connectivity index (χ0v) is 22.0. The van der Waals surface area contributed by atoms with Crippen LogP contribution in [-0.4, -0.2) is 73.1 Å². The summed E-state index contributed by atoms with van der Waals surface area (Å²) in [5, 5.41) is 12.7. The fourth-order valence-electron chi connectivity index (χ4n) is 4.79. The Balaban J connectivity index is 1.45. The zero-order chi connectivity index (χ0) is 26.5. The van der Waals surface area contributed by atoms with E-state index < -0.39 is 17.7 Å². The van der Waals surface area contributed by atoms with Gasteiger partial charge in [0.25, 0.3) is 5.91 Å². The molecular weight excluding hydrogens is 504 g/mol. The van der Waals surface area contributed by atoms with E-state index in [9.17, 15) is 14.7 Å². The molecule has 198 valence electrons. The Hall–Kier alpha value is -3.66. The van der Waals surface area contributed by atoms with Crippen molar-refractivity contribution in [1.82, 2.24) is 9.80 Å². The number of carbonyl (C=O) groups is 2. The molecule has 0 spiro atoms. The predicted octanol–water partition coefficient (Wildman–Crippen LogP) is 4.25. The number of amides is 1. The Morgan fingerprint density at radius 2 is 1.84 bits per heavy atom. The molecule has 1 N–H and O–H groups in total. The van der Waals surface area contributed by atoms with Gasteiger partial charge in [-0.25, -0.2) is 0 Å². The normalized spacial score (nSPS) is 18.2. The van der Waals surface area contributed by atoms with Gasteiger partial charge in [0.05, 0.1) is 36.8 Å². The SMILES string of the molecule is COc1cc(C2C(C(=O)c3cccs3)=C(O)C(=O)N2CCN2CCOCC2)ccc1OCc1ccccc1. The first-order valence-corrected chi connectivity index (χ1v) is 13.4. The maximum absolute atomic E-state index is 13.5. The van der Waals surface area contributed by atoms with Gasteiger partial charge < -0.3 is 24.2 Å². The number of methoxy groups -OCH3 is 1. The standard InChI is InChI=1S/C29H30N2O6S/c1-35-23-18-21(9-10-22(23)37-19-20-6-3-2-4-7-20)26-25(27(32)24-8-5-17-38-24)28(33)29(34)31(26)12-11-30-13-15-36-16-14-30/h2-10,17-18,26,33H,11-16,19H2,1H3. The molecule has 1 fully saturated rings. The van der Waals surface area contributed by atoms with Crippen LogP contribution >= 0.6 is 11.3 Å². The van der Waals surface area contributed by atoms with Crippen LogP contribution in [0.5, 0.6) is 11.5 Å². The largest absolute Gasteiger partial charge is 0.503 e. The molecule has 38 heavy (non-hydrogen) atoms. The van der Waals surface area contributed by atoms with Crippen molar-refractivity contribution in [2.75, 3.05) is 46.5 Å². The van der Waals surface area contributed by atoms with Gasteiger partial charge in [-0.05, 0) is 34.7 Å². The van der Waals surface area contributed by atoms with Crippen molar-refractivity contribution in [3.8, 4) is 11.5 Å². The van der Waals surface area contributed by atoms with Gasteiger partial charge in [-0.1, -0.05) is 42.5 Å². The summed E-state index contributed by atoms with van der Waals surface area (Å²) in [5.41, 5.74) is 1.76. The molecule has 1 aromatic heterocycles. The van der Waals surface area contributed by atoms with E-state index in [1.807, 2.05) is 36.4 Å². The molecule has 3 aromatic rings. The monoisotopic (exact) mass is 534 g/mol. The van der Waals surface area contributed by atoms with Gasteiger partial charge in [-0.2, -0.15) is 0 Å². The van der Waals surface area contributed by atoms with E-state index >= 15 is 0 Å². The molecule has 1 saturated heterocycles. The van der Waals surface area contributed by atoms with Crippen LogP contribution < -0.4 is 9.47 Å². The number of carbonyl (C=O) groups excluding carboxylic acids is 2. The van der Waals surface area contributed by atoms with E-state index in [-0.39, 0.29) is 11.4 Å². The topological polar surface area (TPSA) is 88.5 Å². The van der Waals surface area contributed by atoms with Gasteiger partial charge in [-0.3, -0.25) is 14.5 Å². The second kappa shape index (κ2) is 11.8. The number of morpholine rings is 1. The van der Waals surface area contributed by atoms with Gasteiger partial charge in [-0.15, -0.1) is 11.3 Å². The first kappa shape index (κ1) is 26.0. The smallest absolute Gasteiger partial charge is 0.290 e. The molecule has 2 aliphatic rings. The molecule has 2 aromatic carbocycles. The Labute approximate surface area is 225 Å². The van der Waals surface area contributed by atoms with Gasteiger partial charge in [0.15, 0.2) is 17.3 Å². The van der Waals surface area contributed by atoms with E-state index in [0.717, 1.165) is 18.7 Å². The zero-order valence-electron chi connectivity index (χ0n) is 21.2. The van der Waals surface area contributed by atoms with Crippen molar-refractivity contribution in [3.05, 3.63) is 93.4 Å². The molecule has 8 nitrogen and oxygen atoms in total. The van der Waals surface area contributed by atoms with Crippen LogP contribution in [0, 0.1) is 0 Å². The van der Waals surface area contributed by atoms with E-state index in [2.05, 4.69) is 4.90 Å². The molecule has 1 amide bonds. The lowest BCUT2D eigenvalue weighted by molar-refractivity contribution is -0.129. The summed E-state index contributed by atoms with van der Waals surface area (Å²) >= 11 is 1.28. The molecule has 0 aliphatic carbocycles. The van der Waals surface area contributed by atoms with Crippen molar-refractivity contribution in [2.24, 2.45) is 0 Å². The van der Waals surface area contributed by atoms with Crippen LogP contribution in [0.1, 0.15) is 26.8 Å². The molecular formula is C29H30N2O6S. The highest BCUT2D eigenvalue weighted by Crippen LogP contribution is 2.42. The van der Waals surface area contributed by atoms with Crippen LogP contribution in [0.15, 0.2) is 77.4 Å². The lowest BCUT2D eigenvalue weighted by Crippen LogP contribution is -2.43. The third-order valence-corrected chi connectivity index (χ3v) is 7.66.